The van der Waals surface area contributed by atoms with Crippen LogP contribution < -0.4 is 0 Å². The molecule has 0 bridgehead atoms. The molecule has 0 radical (unpaired) electrons. The molecule has 2 unspecified atom stereocenters. The minimum absolute atomic E-state index is 0.0527. The van der Waals surface area contributed by atoms with Gasteiger partial charge in [0, 0.05) is 39.0 Å². The molecule has 164 valence electrons. The molecule has 6 nitrogen and oxygen atoms in total. The Morgan fingerprint density at radius 3 is 2.48 bits per heavy atom. The first kappa shape index (κ1) is 21.5. The maximum atomic E-state index is 13.1. The predicted molar refractivity (Wildman–Crippen MR) is 119 cm³/mol. The van der Waals surface area contributed by atoms with Crippen LogP contribution in [0.5, 0.6) is 0 Å². The van der Waals surface area contributed by atoms with Crippen LogP contribution in [0.2, 0.25) is 0 Å². The molecule has 0 aliphatic carbocycles. The number of benzene rings is 1. The highest BCUT2D eigenvalue weighted by Gasteiger charge is 2.35. The number of nitrogens with zero attached hydrogens (tertiary/aromatic N) is 3. The van der Waals surface area contributed by atoms with Crippen molar-refractivity contribution in [2.24, 2.45) is 5.92 Å². The van der Waals surface area contributed by atoms with Gasteiger partial charge in [-0.2, -0.15) is 0 Å². The number of pyridine rings is 1. The Balaban J connectivity index is 1.47. The maximum Gasteiger partial charge on any atom is 0.272 e. The molecule has 2 aromatic rings. The number of ether oxygens (including phenoxy) is 1. The van der Waals surface area contributed by atoms with E-state index in [1.54, 1.807) is 12.3 Å². The van der Waals surface area contributed by atoms with E-state index in [4.69, 9.17) is 4.74 Å². The van der Waals surface area contributed by atoms with E-state index in [0.717, 1.165) is 45.2 Å². The van der Waals surface area contributed by atoms with Gasteiger partial charge in [0.2, 0.25) is 0 Å². The zero-order chi connectivity index (χ0) is 21.6. The molecule has 0 spiro atoms. The van der Waals surface area contributed by atoms with E-state index < -0.39 is 0 Å². The van der Waals surface area contributed by atoms with Crippen LogP contribution in [0.1, 0.15) is 41.7 Å². The van der Waals surface area contributed by atoms with E-state index in [2.05, 4.69) is 17.1 Å². The molecule has 4 rings (SSSR count). The highest BCUT2D eigenvalue weighted by molar-refractivity contribution is 5.92. The molecular formula is C25H31N3O3. The Bertz CT molecular complexity index is 860. The Morgan fingerprint density at radius 1 is 1.10 bits per heavy atom. The van der Waals surface area contributed by atoms with Crippen LogP contribution in [0, 0.1) is 5.92 Å². The van der Waals surface area contributed by atoms with Gasteiger partial charge in [-0.05, 0) is 55.7 Å². The van der Waals surface area contributed by atoms with Gasteiger partial charge in [-0.1, -0.05) is 36.4 Å². The number of amides is 2. The summed E-state index contributed by atoms with van der Waals surface area (Å²) >= 11 is 0. The van der Waals surface area contributed by atoms with Crippen molar-refractivity contribution < 1.29 is 14.3 Å². The summed E-state index contributed by atoms with van der Waals surface area (Å²) in [7, 11) is 1.88. The fraction of sp³-hybridized carbons (Fsp3) is 0.480. The molecule has 0 saturated carbocycles. The smallest absolute Gasteiger partial charge is 0.272 e. The topological polar surface area (TPSA) is 62.7 Å². The molecular weight excluding hydrogens is 390 g/mol. The maximum absolute atomic E-state index is 13.1. The molecule has 0 N–H and O–H groups in total. The number of likely N-dealkylation sites (N-methyl/N-ethyl adjacent to an activating group) is 1. The van der Waals surface area contributed by atoms with Crippen molar-refractivity contribution >= 4 is 11.8 Å². The van der Waals surface area contributed by atoms with Crippen LogP contribution in [-0.4, -0.2) is 65.5 Å². The SMILES string of the molecule is CN(C(=O)c1ccccn1)C(Cc1ccccc1)C1CCN(C(=O)C2CCCO2)CC1. The fourth-order valence-electron chi connectivity index (χ4n) is 4.78. The minimum atomic E-state index is -0.259. The van der Waals surface area contributed by atoms with Crippen LogP contribution in [0.25, 0.3) is 0 Å². The largest absolute Gasteiger partial charge is 0.368 e. The molecule has 6 heteroatoms. The standard InChI is InChI=1S/C25H31N3O3/c1-27(24(29)21-10-5-6-14-26-21)22(18-19-8-3-2-4-9-19)20-12-15-28(16-13-20)25(30)23-11-7-17-31-23/h2-6,8-10,14,20,22-23H,7,11-13,15-18H2,1H3. The molecule has 2 aliphatic rings. The highest BCUT2D eigenvalue weighted by Crippen LogP contribution is 2.28. The summed E-state index contributed by atoms with van der Waals surface area (Å²) in [5.41, 5.74) is 1.68. The zero-order valence-corrected chi connectivity index (χ0v) is 18.2. The third-order valence-corrected chi connectivity index (χ3v) is 6.59. The van der Waals surface area contributed by atoms with E-state index in [9.17, 15) is 9.59 Å². The molecule has 1 aromatic carbocycles. The first-order chi connectivity index (χ1) is 15.1. The number of hydrogen-bond donors (Lipinski definition) is 0. The summed E-state index contributed by atoms with van der Waals surface area (Å²) in [5.74, 6) is 0.402. The summed E-state index contributed by atoms with van der Waals surface area (Å²) in [6.45, 7) is 2.13. The van der Waals surface area contributed by atoms with Crippen LogP contribution in [-0.2, 0) is 16.0 Å². The molecule has 31 heavy (non-hydrogen) atoms. The molecule has 2 atom stereocenters. The van der Waals surface area contributed by atoms with Crippen molar-refractivity contribution in [3.63, 3.8) is 0 Å². The lowest BCUT2D eigenvalue weighted by Gasteiger charge is -2.40. The average Bonchev–Trinajstić information content (AvgIpc) is 3.38. The van der Waals surface area contributed by atoms with Crippen molar-refractivity contribution in [1.29, 1.82) is 0 Å². The van der Waals surface area contributed by atoms with Gasteiger partial charge in [0.1, 0.15) is 11.8 Å². The number of aromatic nitrogens is 1. The lowest BCUT2D eigenvalue weighted by molar-refractivity contribution is -0.142. The second kappa shape index (κ2) is 10.1. The van der Waals surface area contributed by atoms with E-state index in [1.807, 2.05) is 47.2 Å². The minimum Gasteiger partial charge on any atom is -0.368 e. The summed E-state index contributed by atoms with van der Waals surface area (Å²) in [6.07, 6.45) is 5.75. The van der Waals surface area contributed by atoms with Gasteiger partial charge in [0.05, 0.1) is 0 Å². The number of carbonyl (C=O) groups is 2. The Morgan fingerprint density at radius 2 is 1.84 bits per heavy atom. The van der Waals surface area contributed by atoms with Crippen molar-refractivity contribution in [2.45, 2.75) is 44.2 Å². The van der Waals surface area contributed by atoms with E-state index >= 15 is 0 Å². The quantitative estimate of drug-likeness (QED) is 0.719. The molecule has 1 aromatic heterocycles. The van der Waals surface area contributed by atoms with Crippen molar-refractivity contribution in [2.75, 3.05) is 26.7 Å². The predicted octanol–water partition coefficient (Wildman–Crippen LogP) is 3.18. The molecule has 2 amide bonds. The monoisotopic (exact) mass is 421 g/mol. The summed E-state index contributed by atoms with van der Waals surface area (Å²) in [4.78, 5) is 33.9. The summed E-state index contributed by atoms with van der Waals surface area (Å²) in [6, 6.07) is 15.8. The normalized spacial score (nSPS) is 20.4. The van der Waals surface area contributed by atoms with Gasteiger partial charge in [-0.15, -0.1) is 0 Å². The Hall–Kier alpha value is -2.73. The number of hydrogen-bond acceptors (Lipinski definition) is 4. The lowest BCUT2D eigenvalue weighted by Crippen LogP contribution is -2.50. The molecule has 2 saturated heterocycles. The van der Waals surface area contributed by atoms with Crippen LogP contribution in [0.3, 0.4) is 0 Å². The number of likely N-dealkylation sites (tertiary alicyclic amines) is 1. The second-order valence-corrected chi connectivity index (χ2v) is 8.55. The van der Waals surface area contributed by atoms with E-state index in [-0.39, 0.29) is 24.0 Å². The van der Waals surface area contributed by atoms with Gasteiger partial charge < -0.3 is 14.5 Å². The first-order valence-corrected chi connectivity index (χ1v) is 11.3. The lowest BCUT2D eigenvalue weighted by atomic mass is 9.84. The zero-order valence-electron chi connectivity index (χ0n) is 18.2. The fourth-order valence-corrected chi connectivity index (χ4v) is 4.78. The van der Waals surface area contributed by atoms with Gasteiger partial charge in [-0.3, -0.25) is 14.6 Å². The average molecular weight is 422 g/mol. The Labute approximate surface area is 184 Å². The van der Waals surface area contributed by atoms with Gasteiger partial charge in [-0.25, -0.2) is 0 Å². The van der Waals surface area contributed by atoms with Gasteiger partial charge >= 0.3 is 0 Å². The summed E-state index contributed by atoms with van der Waals surface area (Å²) < 4.78 is 5.59. The Kier molecular flexibility index (Phi) is 6.97. The van der Waals surface area contributed by atoms with E-state index in [1.165, 1.54) is 5.56 Å². The molecule has 2 fully saturated rings. The van der Waals surface area contributed by atoms with Crippen molar-refractivity contribution in [3.8, 4) is 0 Å². The third kappa shape index (κ3) is 5.13. The van der Waals surface area contributed by atoms with Crippen LogP contribution in [0.15, 0.2) is 54.7 Å². The second-order valence-electron chi connectivity index (χ2n) is 8.55. The number of carbonyl (C=O) groups excluding carboxylic acids is 2. The third-order valence-electron chi connectivity index (χ3n) is 6.59. The first-order valence-electron chi connectivity index (χ1n) is 11.3. The van der Waals surface area contributed by atoms with Gasteiger partial charge in [0.15, 0.2) is 0 Å². The number of rotatable bonds is 6. The van der Waals surface area contributed by atoms with Crippen molar-refractivity contribution in [1.82, 2.24) is 14.8 Å². The molecule has 3 heterocycles. The highest BCUT2D eigenvalue weighted by atomic mass is 16.5. The van der Waals surface area contributed by atoms with Crippen LogP contribution >= 0.6 is 0 Å². The van der Waals surface area contributed by atoms with Gasteiger partial charge in [0.25, 0.3) is 11.8 Å². The van der Waals surface area contributed by atoms with Crippen LogP contribution in [0.4, 0.5) is 0 Å². The number of piperidine rings is 1. The van der Waals surface area contributed by atoms with Crippen molar-refractivity contribution in [3.05, 3.63) is 66.0 Å². The summed E-state index contributed by atoms with van der Waals surface area (Å²) in [5, 5.41) is 0. The molecule has 2 aliphatic heterocycles. The van der Waals surface area contributed by atoms with E-state index in [0.29, 0.717) is 18.2 Å².